The summed E-state index contributed by atoms with van der Waals surface area (Å²) in [6.07, 6.45) is 3.82. The highest BCUT2D eigenvalue weighted by Crippen LogP contribution is 2.32. The van der Waals surface area contributed by atoms with Crippen molar-refractivity contribution < 1.29 is 22.7 Å². The average Bonchev–Trinajstić information content (AvgIpc) is 3.45. The second-order valence-electron chi connectivity index (χ2n) is 7.84. The van der Waals surface area contributed by atoms with E-state index in [0.717, 1.165) is 33.7 Å². The summed E-state index contributed by atoms with van der Waals surface area (Å²) >= 11 is 9.90. The van der Waals surface area contributed by atoms with Gasteiger partial charge >= 0.3 is 5.97 Å². The Hall–Kier alpha value is -1.70. The normalized spacial score (nSPS) is 17.7. The molecule has 0 spiro atoms. The number of benzene rings is 1. The van der Waals surface area contributed by atoms with Crippen LogP contribution in [0.3, 0.4) is 0 Å². The molecule has 1 atom stereocenters. The molecule has 0 aliphatic carbocycles. The van der Waals surface area contributed by atoms with Crippen molar-refractivity contribution in [3.8, 4) is 0 Å². The number of aromatic nitrogens is 1. The molecule has 1 aliphatic heterocycles. The summed E-state index contributed by atoms with van der Waals surface area (Å²) in [5, 5.41) is 0. The van der Waals surface area contributed by atoms with Gasteiger partial charge in [0.2, 0.25) is 0 Å². The number of aryl methyl sites for hydroxylation is 1. The van der Waals surface area contributed by atoms with Crippen molar-refractivity contribution in [2.75, 3.05) is 25.7 Å². The number of fused-ring (bicyclic) bond motifs is 1. The molecule has 1 aliphatic rings. The number of nitrogens with zero attached hydrogens (tertiary/aromatic N) is 3. The Morgan fingerprint density at radius 2 is 2.03 bits per heavy atom. The van der Waals surface area contributed by atoms with Gasteiger partial charge in [-0.2, -0.15) is 21.1 Å². The van der Waals surface area contributed by atoms with Gasteiger partial charge in [0, 0.05) is 18.8 Å². The van der Waals surface area contributed by atoms with Gasteiger partial charge in [0.25, 0.3) is 15.9 Å². The van der Waals surface area contributed by atoms with Crippen LogP contribution in [-0.4, -0.2) is 60.9 Å². The van der Waals surface area contributed by atoms with Gasteiger partial charge in [0.15, 0.2) is 4.80 Å². The van der Waals surface area contributed by atoms with E-state index in [9.17, 15) is 18.0 Å². The Balaban J connectivity index is 1.75. The number of amides is 1. The summed E-state index contributed by atoms with van der Waals surface area (Å²) in [7, 11) is -2.54. The third-order valence-corrected chi connectivity index (χ3v) is 10.9. The maximum absolute atomic E-state index is 13.4. The van der Waals surface area contributed by atoms with E-state index >= 15 is 0 Å². The summed E-state index contributed by atoms with van der Waals surface area (Å²) in [6.45, 7) is 0.871. The molecule has 1 unspecified atom stereocenters. The minimum atomic E-state index is -3.87. The van der Waals surface area contributed by atoms with Gasteiger partial charge in [0.1, 0.15) is 10.3 Å². The molecule has 0 bridgehead atoms. The monoisotopic (exact) mass is 573 g/mol. The number of hydrogen-bond donors (Lipinski definition) is 0. The number of rotatable bonds is 7. The zero-order valence-corrected chi connectivity index (χ0v) is 23.1. The Kier molecular flexibility index (Phi) is 8.39. The third-order valence-electron chi connectivity index (χ3n) is 5.68. The Labute approximate surface area is 220 Å². The predicted molar refractivity (Wildman–Crippen MR) is 141 cm³/mol. The summed E-state index contributed by atoms with van der Waals surface area (Å²) < 4.78 is 35.9. The van der Waals surface area contributed by atoms with E-state index in [1.54, 1.807) is 30.0 Å². The van der Waals surface area contributed by atoms with Crippen LogP contribution in [0.25, 0.3) is 10.2 Å². The van der Waals surface area contributed by atoms with Crippen LogP contribution in [0.5, 0.6) is 0 Å². The minimum absolute atomic E-state index is 0.120. The maximum atomic E-state index is 13.4. The molecule has 3 heterocycles. The molecule has 8 nitrogen and oxygen atoms in total. The Morgan fingerprint density at radius 3 is 2.71 bits per heavy atom. The number of esters is 1. The van der Waals surface area contributed by atoms with Gasteiger partial charge in [0.05, 0.1) is 27.2 Å². The van der Waals surface area contributed by atoms with E-state index in [-0.39, 0.29) is 10.8 Å². The number of thioether (sulfide) groups is 1. The van der Waals surface area contributed by atoms with Gasteiger partial charge in [-0.3, -0.25) is 4.79 Å². The SMILES string of the molecule is COC(=O)c1ccc2c(c1)sc(=NC(=O)C1CCCCN1S(=O)(=O)c1ccc(Cl)s1)n2CCSC. The molecule has 0 radical (unpaired) electrons. The molecule has 1 amide bonds. The summed E-state index contributed by atoms with van der Waals surface area (Å²) in [5.41, 5.74) is 1.26. The fourth-order valence-electron chi connectivity index (χ4n) is 3.96. The summed E-state index contributed by atoms with van der Waals surface area (Å²) in [5.74, 6) is -0.134. The van der Waals surface area contributed by atoms with Crippen molar-refractivity contribution in [3.63, 3.8) is 0 Å². The van der Waals surface area contributed by atoms with Crippen LogP contribution in [0.2, 0.25) is 4.34 Å². The van der Waals surface area contributed by atoms with Crippen LogP contribution in [0.1, 0.15) is 29.6 Å². The van der Waals surface area contributed by atoms with E-state index in [2.05, 4.69) is 4.99 Å². The molecule has 188 valence electrons. The number of ether oxygens (including phenoxy) is 1. The van der Waals surface area contributed by atoms with Crippen molar-refractivity contribution in [1.29, 1.82) is 0 Å². The predicted octanol–water partition coefficient (Wildman–Crippen LogP) is 4.24. The van der Waals surface area contributed by atoms with Crippen LogP contribution >= 0.6 is 46.0 Å². The number of thiophene rings is 1. The molecule has 0 N–H and O–H groups in total. The first-order chi connectivity index (χ1) is 16.8. The zero-order chi connectivity index (χ0) is 25.2. The lowest BCUT2D eigenvalue weighted by Gasteiger charge is -2.31. The number of piperidine rings is 1. The van der Waals surface area contributed by atoms with E-state index in [1.807, 2.05) is 16.9 Å². The highest BCUT2D eigenvalue weighted by atomic mass is 35.5. The molecule has 1 saturated heterocycles. The lowest BCUT2D eigenvalue weighted by atomic mass is 10.0. The van der Waals surface area contributed by atoms with Gasteiger partial charge in [-0.25, -0.2) is 13.2 Å². The zero-order valence-electron chi connectivity index (χ0n) is 19.1. The minimum Gasteiger partial charge on any atom is -0.465 e. The average molecular weight is 574 g/mol. The van der Waals surface area contributed by atoms with Gasteiger partial charge in [-0.1, -0.05) is 29.4 Å². The fraction of sp³-hybridized carbons (Fsp3) is 0.409. The second kappa shape index (κ2) is 11.1. The van der Waals surface area contributed by atoms with Crippen molar-refractivity contribution in [2.24, 2.45) is 4.99 Å². The number of thiazole rings is 1. The number of hydrogen-bond acceptors (Lipinski definition) is 8. The molecular formula is C22H24ClN3O5S4. The first-order valence-electron chi connectivity index (χ1n) is 10.8. The number of carbonyl (C=O) groups excluding carboxylic acids is 2. The van der Waals surface area contributed by atoms with Gasteiger partial charge < -0.3 is 9.30 Å². The summed E-state index contributed by atoms with van der Waals surface area (Å²) in [6, 6.07) is 7.36. The number of methoxy groups -OCH3 is 1. The van der Waals surface area contributed by atoms with Crippen molar-refractivity contribution in [1.82, 2.24) is 8.87 Å². The number of halogens is 1. The lowest BCUT2D eigenvalue weighted by molar-refractivity contribution is -0.122. The van der Waals surface area contributed by atoms with Gasteiger partial charge in [-0.05, 0) is 49.4 Å². The molecule has 3 aromatic rings. The Morgan fingerprint density at radius 1 is 1.23 bits per heavy atom. The van der Waals surface area contributed by atoms with E-state index in [1.165, 1.54) is 28.8 Å². The topological polar surface area (TPSA) is 98.0 Å². The lowest BCUT2D eigenvalue weighted by Crippen LogP contribution is -2.47. The second-order valence-corrected chi connectivity index (χ2v) is 13.7. The molecule has 35 heavy (non-hydrogen) atoms. The molecule has 2 aromatic heterocycles. The Bertz CT molecular complexity index is 1430. The first kappa shape index (κ1) is 26.4. The molecule has 13 heteroatoms. The van der Waals surface area contributed by atoms with E-state index < -0.39 is 27.9 Å². The van der Waals surface area contributed by atoms with Crippen LogP contribution in [0.4, 0.5) is 0 Å². The highest BCUT2D eigenvalue weighted by molar-refractivity contribution is 7.98. The molecule has 4 rings (SSSR count). The standard InChI is InChI=1S/C22H24ClN3O5S4/c1-31-21(28)14-6-7-15-17(13-14)33-22(25(15)11-12-32-2)24-20(27)16-5-3-4-10-26(16)35(29,30)19-9-8-18(23)34-19/h6-9,13,16H,3-5,10-12H2,1-2H3. The number of sulfonamides is 1. The largest absolute Gasteiger partial charge is 0.465 e. The summed E-state index contributed by atoms with van der Waals surface area (Å²) in [4.78, 5) is 30.3. The van der Waals surface area contributed by atoms with Crippen molar-refractivity contribution in [2.45, 2.75) is 36.1 Å². The van der Waals surface area contributed by atoms with Gasteiger partial charge in [-0.15, -0.1) is 11.3 Å². The van der Waals surface area contributed by atoms with Crippen LogP contribution in [0, 0.1) is 0 Å². The van der Waals surface area contributed by atoms with Crippen molar-refractivity contribution >= 4 is 78.2 Å². The molecule has 1 aromatic carbocycles. The van der Waals surface area contributed by atoms with Crippen LogP contribution < -0.4 is 4.80 Å². The number of carbonyl (C=O) groups is 2. The molecular weight excluding hydrogens is 550 g/mol. The third kappa shape index (κ3) is 5.52. The van der Waals surface area contributed by atoms with E-state index in [4.69, 9.17) is 16.3 Å². The van der Waals surface area contributed by atoms with E-state index in [0.29, 0.717) is 34.1 Å². The first-order valence-corrected chi connectivity index (χ1v) is 15.7. The molecule has 1 fully saturated rings. The highest BCUT2D eigenvalue weighted by Gasteiger charge is 2.38. The van der Waals surface area contributed by atoms with Crippen LogP contribution in [-0.2, 0) is 26.1 Å². The van der Waals surface area contributed by atoms with Crippen LogP contribution in [0.15, 0.2) is 39.5 Å². The van der Waals surface area contributed by atoms with Crippen molar-refractivity contribution in [3.05, 3.63) is 45.0 Å². The quantitative estimate of drug-likeness (QED) is 0.392. The smallest absolute Gasteiger partial charge is 0.337 e. The maximum Gasteiger partial charge on any atom is 0.337 e. The molecule has 0 saturated carbocycles. The fourth-order valence-corrected chi connectivity index (χ4v) is 8.69.